The average molecular weight is 263 g/mol. The van der Waals surface area contributed by atoms with Crippen molar-refractivity contribution in [2.45, 2.75) is 33.2 Å². The normalized spacial score (nSPS) is 16.6. The molecule has 0 unspecified atom stereocenters. The Morgan fingerprint density at radius 3 is 2.68 bits per heavy atom. The van der Waals surface area contributed by atoms with Gasteiger partial charge in [-0.1, -0.05) is 32.0 Å². The highest BCUT2D eigenvalue weighted by molar-refractivity contribution is 5.33. The van der Waals surface area contributed by atoms with E-state index in [2.05, 4.69) is 30.9 Å². The molecule has 19 heavy (non-hydrogen) atoms. The maximum absolute atomic E-state index is 9.71. The van der Waals surface area contributed by atoms with Crippen LogP contribution in [0.3, 0.4) is 0 Å². The Morgan fingerprint density at radius 1 is 1.26 bits per heavy atom. The van der Waals surface area contributed by atoms with Crippen LogP contribution in [0.2, 0.25) is 0 Å². The van der Waals surface area contributed by atoms with Gasteiger partial charge in [-0.2, -0.15) is 0 Å². The molecule has 0 bridgehead atoms. The van der Waals surface area contributed by atoms with E-state index in [1.807, 2.05) is 12.1 Å². The molecule has 3 heteroatoms. The van der Waals surface area contributed by atoms with Gasteiger partial charge in [0.2, 0.25) is 0 Å². The van der Waals surface area contributed by atoms with E-state index in [1.165, 1.54) is 5.56 Å². The molecule has 0 saturated carbocycles. The fourth-order valence-electron chi connectivity index (χ4n) is 2.74. The minimum absolute atomic E-state index is 0.0271. The van der Waals surface area contributed by atoms with E-state index < -0.39 is 0 Å². The van der Waals surface area contributed by atoms with Crippen LogP contribution in [0.1, 0.15) is 32.3 Å². The molecule has 0 spiro atoms. The van der Waals surface area contributed by atoms with Crippen molar-refractivity contribution in [3.8, 4) is 5.75 Å². The molecule has 1 aromatic carbocycles. The second-order valence-electron chi connectivity index (χ2n) is 5.53. The Morgan fingerprint density at radius 2 is 2.00 bits per heavy atom. The topological polar surface area (TPSA) is 32.7 Å². The predicted molar refractivity (Wildman–Crippen MR) is 77.3 cm³/mol. The van der Waals surface area contributed by atoms with Crippen molar-refractivity contribution in [2.24, 2.45) is 5.41 Å². The summed E-state index contributed by atoms with van der Waals surface area (Å²) in [5, 5.41) is 9.71. The van der Waals surface area contributed by atoms with Crippen LogP contribution in [0.25, 0.3) is 0 Å². The minimum atomic E-state index is 0.0271. The lowest BCUT2D eigenvalue weighted by atomic mass is 9.82. The predicted octanol–water partition coefficient (Wildman–Crippen LogP) is 2.68. The number of nitrogens with zero attached hydrogens (tertiary/aromatic N) is 1. The van der Waals surface area contributed by atoms with E-state index in [-0.39, 0.29) is 12.0 Å². The van der Waals surface area contributed by atoms with Crippen molar-refractivity contribution < 1.29 is 9.84 Å². The highest BCUT2D eigenvalue weighted by Gasteiger charge is 2.29. The number of aliphatic hydroxyl groups is 1. The summed E-state index contributed by atoms with van der Waals surface area (Å²) in [4.78, 5) is 2.41. The molecule has 1 aliphatic rings. The summed E-state index contributed by atoms with van der Waals surface area (Å²) >= 11 is 0. The molecule has 0 saturated heterocycles. The van der Waals surface area contributed by atoms with Crippen LogP contribution < -0.4 is 4.74 Å². The summed E-state index contributed by atoms with van der Waals surface area (Å²) in [6, 6.07) is 8.25. The number of ether oxygens (including phenoxy) is 1. The van der Waals surface area contributed by atoms with Crippen LogP contribution in [-0.4, -0.2) is 36.3 Å². The quantitative estimate of drug-likeness (QED) is 0.886. The standard InChI is InChI=1S/C16H25NO2/c1-3-16(4-2,13-18)12-17-9-10-19-15-8-6-5-7-14(15)11-17/h5-8,18H,3-4,9-13H2,1-2H3. The summed E-state index contributed by atoms with van der Waals surface area (Å²) in [7, 11) is 0. The molecule has 3 nitrogen and oxygen atoms in total. The van der Waals surface area contributed by atoms with Crippen molar-refractivity contribution in [2.75, 3.05) is 26.3 Å². The van der Waals surface area contributed by atoms with Crippen LogP contribution in [0.15, 0.2) is 24.3 Å². The number of benzene rings is 1. The summed E-state index contributed by atoms with van der Waals surface area (Å²) in [6.45, 7) is 8.11. The largest absolute Gasteiger partial charge is 0.492 e. The Kier molecular flexibility index (Phi) is 4.83. The molecular formula is C16H25NO2. The third-order valence-electron chi connectivity index (χ3n) is 4.43. The van der Waals surface area contributed by atoms with Gasteiger partial charge in [0.15, 0.2) is 0 Å². The van der Waals surface area contributed by atoms with E-state index in [1.54, 1.807) is 0 Å². The van der Waals surface area contributed by atoms with Crippen LogP contribution in [-0.2, 0) is 6.54 Å². The molecule has 1 aromatic rings. The lowest BCUT2D eigenvalue weighted by Crippen LogP contribution is -2.40. The second-order valence-corrected chi connectivity index (χ2v) is 5.53. The van der Waals surface area contributed by atoms with Gasteiger partial charge in [-0.3, -0.25) is 4.90 Å². The molecule has 1 aliphatic heterocycles. The summed E-state index contributed by atoms with van der Waals surface area (Å²) in [6.07, 6.45) is 2.03. The molecule has 0 aliphatic carbocycles. The Hall–Kier alpha value is -1.06. The number of rotatable bonds is 5. The minimum Gasteiger partial charge on any atom is -0.492 e. The van der Waals surface area contributed by atoms with Gasteiger partial charge < -0.3 is 9.84 Å². The molecule has 2 rings (SSSR count). The first-order valence-corrected chi connectivity index (χ1v) is 7.27. The number of aliphatic hydroxyl groups excluding tert-OH is 1. The Labute approximate surface area is 116 Å². The lowest BCUT2D eigenvalue weighted by molar-refractivity contribution is 0.0603. The molecule has 0 fully saturated rings. The fourth-order valence-corrected chi connectivity index (χ4v) is 2.74. The molecule has 1 N–H and O–H groups in total. The molecular weight excluding hydrogens is 238 g/mol. The molecule has 0 atom stereocenters. The molecule has 0 radical (unpaired) electrons. The maximum Gasteiger partial charge on any atom is 0.123 e. The van der Waals surface area contributed by atoms with Gasteiger partial charge in [0, 0.05) is 37.2 Å². The van der Waals surface area contributed by atoms with Gasteiger partial charge in [0.05, 0.1) is 0 Å². The van der Waals surface area contributed by atoms with Crippen molar-refractivity contribution >= 4 is 0 Å². The first-order chi connectivity index (χ1) is 9.23. The van der Waals surface area contributed by atoms with Crippen molar-refractivity contribution in [1.29, 1.82) is 0 Å². The monoisotopic (exact) mass is 263 g/mol. The van der Waals surface area contributed by atoms with Crippen LogP contribution >= 0.6 is 0 Å². The van der Waals surface area contributed by atoms with Gasteiger partial charge in [-0.05, 0) is 18.9 Å². The van der Waals surface area contributed by atoms with Crippen molar-refractivity contribution in [3.05, 3.63) is 29.8 Å². The zero-order chi connectivity index (χ0) is 13.7. The highest BCUT2D eigenvalue weighted by atomic mass is 16.5. The van der Waals surface area contributed by atoms with Crippen LogP contribution in [0.4, 0.5) is 0 Å². The molecule has 106 valence electrons. The van der Waals surface area contributed by atoms with Gasteiger partial charge in [0.25, 0.3) is 0 Å². The highest BCUT2D eigenvalue weighted by Crippen LogP contribution is 2.29. The number of hydrogen-bond donors (Lipinski definition) is 1. The van der Waals surface area contributed by atoms with Gasteiger partial charge in [-0.15, -0.1) is 0 Å². The van der Waals surface area contributed by atoms with Gasteiger partial charge >= 0.3 is 0 Å². The fraction of sp³-hybridized carbons (Fsp3) is 0.625. The lowest BCUT2D eigenvalue weighted by Gasteiger charge is -2.35. The third-order valence-corrected chi connectivity index (χ3v) is 4.43. The van der Waals surface area contributed by atoms with Crippen molar-refractivity contribution in [1.82, 2.24) is 4.90 Å². The SMILES string of the molecule is CCC(CC)(CO)CN1CCOc2ccccc2C1. The second kappa shape index (κ2) is 6.40. The summed E-state index contributed by atoms with van der Waals surface area (Å²) in [5.41, 5.74) is 1.28. The smallest absolute Gasteiger partial charge is 0.123 e. The van der Waals surface area contributed by atoms with Gasteiger partial charge in [-0.25, -0.2) is 0 Å². The molecule has 0 amide bonds. The van der Waals surface area contributed by atoms with Crippen molar-refractivity contribution in [3.63, 3.8) is 0 Å². The summed E-state index contributed by atoms with van der Waals surface area (Å²) < 4.78 is 5.79. The van der Waals surface area contributed by atoms with Crippen LogP contribution in [0, 0.1) is 5.41 Å². The number of para-hydroxylation sites is 1. The molecule has 0 aromatic heterocycles. The first kappa shape index (κ1) is 14.4. The van der Waals surface area contributed by atoms with E-state index in [9.17, 15) is 5.11 Å². The Bertz CT molecular complexity index is 393. The molecule has 1 heterocycles. The Balaban J connectivity index is 2.10. The van der Waals surface area contributed by atoms with E-state index in [4.69, 9.17) is 4.74 Å². The van der Waals surface area contributed by atoms with E-state index >= 15 is 0 Å². The number of fused-ring (bicyclic) bond motifs is 1. The average Bonchev–Trinajstić information content (AvgIpc) is 2.66. The zero-order valence-corrected chi connectivity index (χ0v) is 12.1. The first-order valence-electron chi connectivity index (χ1n) is 7.27. The van der Waals surface area contributed by atoms with E-state index in [0.717, 1.165) is 44.8 Å². The van der Waals surface area contributed by atoms with Gasteiger partial charge in [0.1, 0.15) is 12.4 Å². The maximum atomic E-state index is 9.71. The summed E-state index contributed by atoms with van der Waals surface area (Å²) in [5.74, 6) is 1.01. The van der Waals surface area contributed by atoms with E-state index in [0.29, 0.717) is 0 Å². The zero-order valence-electron chi connectivity index (χ0n) is 12.1. The number of hydrogen-bond acceptors (Lipinski definition) is 3. The van der Waals surface area contributed by atoms with Crippen LogP contribution in [0.5, 0.6) is 5.75 Å². The third kappa shape index (κ3) is 3.28.